The van der Waals surface area contributed by atoms with Crippen LogP contribution in [0.3, 0.4) is 0 Å². The number of carbonyl (C=O) groups is 1. The molecule has 1 aliphatic rings. The molecular formula is C11H17F3N2O. The molecule has 0 aromatic rings. The van der Waals surface area contributed by atoms with E-state index in [-0.39, 0.29) is 19.0 Å². The van der Waals surface area contributed by atoms with Crippen LogP contribution in [0.4, 0.5) is 13.2 Å². The van der Waals surface area contributed by atoms with Crippen LogP contribution in [0.1, 0.15) is 12.8 Å². The zero-order valence-corrected chi connectivity index (χ0v) is 9.67. The summed E-state index contributed by atoms with van der Waals surface area (Å²) in [5.41, 5.74) is 0. The first-order valence-electron chi connectivity index (χ1n) is 5.60. The Morgan fingerprint density at radius 1 is 1.35 bits per heavy atom. The summed E-state index contributed by atoms with van der Waals surface area (Å²) in [6, 6.07) is 0. The minimum Gasteiger partial charge on any atom is -0.342 e. The smallest absolute Gasteiger partial charge is 0.342 e. The highest BCUT2D eigenvalue weighted by Crippen LogP contribution is 2.17. The molecule has 0 bridgehead atoms. The van der Waals surface area contributed by atoms with Gasteiger partial charge in [0, 0.05) is 19.6 Å². The Morgan fingerprint density at radius 2 is 1.94 bits per heavy atom. The molecule has 0 aliphatic carbocycles. The summed E-state index contributed by atoms with van der Waals surface area (Å²) >= 11 is 0. The van der Waals surface area contributed by atoms with Gasteiger partial charge in [-0.1, -0.05) is 6.08 Å². The second-order valence-corrected chi connectivity index (χ2v) is 4.16. The molecule has 1 amide bonds. The largest absolute Gasteiger partial charge is 0.401 e. The van der Waals surface area contributed by atoms with Crippen molar-refractivity contribution in [3.63, 3.8) is 0 Å². The number of hydrogen-bond donors (Lipinski definition) is 0. The fourth-order valence-electron chi connectivity index (χ4n) is 1.88. The third kappa shape index (κ3) is 5.21. The Kier molecular flexibility index (Phi) is 4.99. The number of amides is 1. The minimum atomic E-state index is -4.28. The summed E-state index contributed by atoms with van der Waals surface area (Å²) in [6.45, 7) is 3.53. The maximum Gasteiger partial charge on any atom is 0.401 e. The molecule has 1 heterocycles. The maximum absolute atomic E-state index is 12.3. The van der Waals surface area contributed by atoms with Gasteiger partial charge < -0.3 is 4.90 Å². The summed E-state index contributed by atoms with van der Waals surface area (Å²) in [6.07, 6.45) is -1.03. The van der Waals surface area contributed by atoms with Crippen molar-refractivity contribution in [2.24, 2.45) is 0 Å². The Labute approximate surface area is 98.9 Å². The third-order valence-electron chi connectivity index (χ3n) is 2.61. The first-order chi connectivity index (χ1) is 7.92. The average molecular weight is 250 g/mol. The van der Waals surface area contributed by atoms with E-state index in [9.17, 15) is 18.0 Å². The highest BCUT2D eigenvalue weighted by molar-refractivity contribution is 5.78. The SMILES string of the molecule is C=CCN(CC(=O)N1CCCC1)CC(F)(F)F. The van der Waals surface area contributed by atoms with Crippen molar-refractivity contribution >= 4 is 5.91 Å². The van der Waals surface area contributed by atoms with Crippen LogP contribution in [-0.2, 0) is 4.79 Å². The molecule has 0 N–H and O–H groups in total. The van der Waals surface area contributed by atoms with E-state index in [2.05, 4.69) is 6.58 Å². The summed E-state index contributed by atoms with van der Waals surface area (Å²) < 4.78 is 36.8. The van der Waals surface area contributed by atoms with Gasteiger partial charge in [0.1, 0.15) is 0 Å². The lowest BCUT2D eigenvalue weighted by Gasteiger charge is -2.24. The van der Waals surface area contributed by atoms with E-state index in [1.54, 1.807) is 4.90 Å². The van der Waals surface area contributed by atoms with E-state index in [1.807, 2.05) is 0 Å². The zero-order chi connectivity index (χ0) is 12.9. The minimum absolute atomic E-state index is 0.0685. The van der Waals surface area contributed by atoms with Crippen LogP contribution < -0.4 is 0 Å². The van der Waals surface area contributed by atoms with Crippen LogP contribution in [-0.4, -0.2) is 54.6 Å². The molecule has 1 rings (SSSR count). The molecule has 6 heteroatoms. The highest BCUT2D eigenvalue weighted by Gasteiger charge is 2.31. The van der Waals surface area contributed by atoms with Gasteiger partial charge in [-0.05, 0) is 12.8 Å². The Morgan fingerprint density at radius 3 is 2.41 bits per heavy atom. The van der Waals surface area contributed by atoms with Gasteiger partial charge in [0.2, 0.25) is 5.91 Å². The van der Waals surface area contributed by atoms with Crippen LogP contribution in [0.2, 0.25) is 0 Å². The van der Waals surface area contributed by atoms with Crippen molar-refractivity contribution in [1.29, 1.82) is 0 Å². The molecule has 0 aromatic carbocycles. The van der Waals surface area contributed by atoms with E-state index in [1.165, 1.54) is 6.08 Å². The van der Waals surface area contributed by atoms with Gasteiger partial charge in [-0.3, -0.25) is 9.69 Å². The zero-order valence-electron chi connectivity index (χ0n) is 9.67. The molecule has 17 heavy (non-hydrogen) atoms. The van der Waals surface area contributed by atoms with Gasteiger partial charge >= 0.3 is 6.18 Å². The quantitative estimate of drug-likeness (QED) is 0.693. The average Bonchev–Trinajstić information content (AvgIpc) is 2.67. The van der Waals surface area contributed by atoms with Crippen molar-refractivity contribution < 1.29 is 18.0 Å². The van der Waals surface area contributed by atoms with Crippen molar-refractivity contribution in [2.75, 3.05) is 32.7 Å². The highest BCUT2D eigenvalue weighted by atomic mass is 19.4. The molecule has 0 atom stereocenters. The molecule has 1 saturated heterocycles. The first kappa shape index (κ1) is 14.0. The van der Waals surface area contributed by atoms with Crippen molar-refractivity contribution in [2.45, 2.75) is 19.0 Å². The lowest BCUT2D eigenvalue weighted by molar-refractivity contribution is -0.150. The fraction of sp³-hybridized carbons (Fsp3) is 0.727. The summed E-state index contributed by atoms with van der Waals surface area (Å²) in [5.74, 6) is -0.228. The van der Waals surface area contributed by atoms with Crippen LogP contribution in [0.25, 0.3) is 0 Å². The maximum atomic E-state index is 12.3. The number of rotatable bonds is 5. The molecule has 0 unspecified atom stereocenters. The lowest BCUT2D eigenvalue weighted by Crippen LogP contribution is -2.42. The van der Waals surface area contributed by atoms with E-state index in [0.717, 1.165) is 17.7 Å². The fourth-order valence-corrected chi connectivity index (χ4v) is 1.88. The Bertz CT molecular complexity index is 272. The van der Waals surface area contributed by atoms with Gasteiger partial charge in [0.25, 0.3) is 0 Å². The van der Waals surface area contributed by atoms with E-state index < -0.39 is 12.7 Å². The molecule has 0 aromatic heterocycles. The molecule has 1 aliphatic heterocycles. The number of carbonyl (C=O) groups excluding carboxylic acids is 1. The monoisotopic (exact) mass is 250 g/mol. The molecule has 0 radical (unpaired) electrons. The number of halogens is 3. The standard InChI is InChI=1S/C11H17F3N2O/c1-2-5-15(9-11(12,13)14)8-10(17)16-6-3-4-7-16/h2H,1,3-9H2. The van der Waals surface area contributed by atoms with Crippen LogP contribution in [0.5, 0.6) is 0 Å². The third-order valence-corrected chi connectivity index (χ3v) is 2.61. The van der Waals surface area contributed by atoms with E-state index in [0.29, 0.717) is 13.1 Å². The van der Waals surface area contributed by atoms with Gasteiger partial charge in [-0.25, -0.2) is 0 Å². The van der Waals surface area contributed by atoms with Crippen LogP contribution >= 0.6 is 0 Å². The number of hydrogen-bond acceptors (Lipinski definition) is 2. The summed E-state index contributed by atoms with van der Waals surface area (Å²) in [4.78, 5) is 14.4. The van der Waals surface area contributed by atoms with Crippen molar-refractivity contribution in [1.82, 2.24) is 9.80 Å². The molecule has 0 saturated carbocycles. The van der Waals surface area contributed by atoms with E-state index in [4.69, 9.17) is 0 Å². The van der Waals surface area contributed by atoms with Crippen LogP contribution in [0.15, 0.2) is 12.7 Å². The molecule has 98 valence electrons. The number of likely N-dealkylation sites (tertiary alicyclic amines) is 1. The molecule has 1 fully saturated rings. The first-order valence-corrected chi connectivity index (χ1v) is 5.60. The molecular weight excluding hydrogens is 233 g/mol. The Balaban J connectivity index is 2.47. The van der Waals surface area contributed by atoms with E-state index >= 15 is 0 Å². The molecule has 0 spiro atoms. The summed E-state index contributed by atoms with van der Waals surface area (Å²) in [5, 5.41) is 0. The second kappa shape index (κ2) is 6.05. The van der Waals surface area contributed by atoms with Gasteiger partial charge in [0.05, 0.1) is 13.1 Å². The van der Waals surface area contributed by atoms with Crippen molar-refractivity contribution in [3.8, 4) is 0 Å². The van der Waals surface area contributed by atoms with Gasteiger partial charge in [-0.2, -0.15) is 13.2 Å². The Hall–Kier alpha value is -1.04. The predicted octanol–water partition coefficient (Wildman–Crippen LogP) is 1.66. The number of nitrogens with zero attached hydrogens (tertiary/aromatic N) is 2. The topological polar surface area (TPSA) is 23.6 Å². The van der Waals surface area contributed by atoms with Gasteiger partial charge in [-0.15, -0.1) is 6.58 Å². The predicted molar refractivity (Wildman–Crippen MR) is 58.5 cm³/mol. The second-order valence-electron chi connectivity index (χ2n) is 4.16. The van der Waals surface area contributed by atoms with Gasteiger partial charge in [0.15, 0.2) is 0 Å². The number of alkyl halides is 3. The molecule has 3 nitrogen and oxygen atoms in total. The normalized spacial score (nSPS) is 16.6. The summed E-state index contributed by atoms with van der Waals surface area (Å²) in [7, 11) is 0. The lowest BCUT2D eigenvalue weighted by atomic mass is 10.4. The van der Waals surface area contributed by atoms with Crippen molar-refractivity contribution in [3.05, 3.63) is 12.7 Å². The van der Waals surface area contributed by atoms with Crippen LogP contribution in [0, 0.1) is 0 Å².